The highest BCUT2D eigenvalue weighted by Crippen LogP contribution is 2.27. The molecule has 42 heavy (non-hydrogen) atoms. The highest BCUT2D eigenvalue weighted by atomic mass is 35.5. The van der Waals surface area contributed by atoms with Gasteiger partial charge in [0.2, 0.25) is 0 Å². The first-order valence-electron chi connectivity index (χ1n) is 13.0. The van der Waals surface area contributed by atoms with Crippen LogP contribution in [0.25, 0.3) is 0 Å². The number of carbonyl (C=O) groups is 1. The maximum atomic E-state index is 13.6. The molecule has 0 atom stereocenters. The van der Waals surface area contributed by atoms with E-state index in [1.165, 1.54) is 30.1 Å². The van der Waals surface area contributed by atoms with Gasteiger partial charge in [0.25, 0.3) is 15.9 Å². The van der Waals surface area contributed by atoms with Gasteiger partial charge in [-0.15, -0.1) is 11.8 Å². The number of thioether (sulfide) groups is 1. The summed E-state index contributed by atoms with van der Waals surface area (Å²) in [5.41, 5.74) is 4.33. The molecule has 0 heterocycles. The number of halogens is 1. The number of amides is 1. The molecule has 0 saturated heterocycles. The van der Waals surface area contributed by atoms with Gasteiger partial charge in [0.05, 0.1) is 23.4 Å². The molecule has 0 fully saturated rings. The number of ether oxygens (including phenoxy) is 2. The average molecular weight is 624 g/mol. The number of benzene rings is 4. The molecule has 1 amide bonds. The molecule has 0 bridgehead atoms. The van der Waals surface area contributed by atoms with Crippen molar-refractivity contribution in [2.75, 3.05) is 23.7 Å². The quantitative estimate of drug-likeness (QED) is 0.105. The molecule has 1 N–H and O–H groups in total. The minimum atomic E-state index is -4.06. The topological polar surface area (TPSA) is 97.3 Å². The zero-order valence-electron chi connectivity index (χ0n) is 23.1. The zero-order valence-corrected chi connectivity index (χ0v) is 25.5. The fourth-order valence-corrected chi connectivity index (χ4v) is 5.86. The Balaban J connectivity index is 1.43. The zero-order chi connectivity index (χ0) is 30.0. The van der Waals surface area contributed by atoms with E-state index in [0.29, 0.717) is 41.0 Å². The van der Waals surface area contributed by atoms with E-state index in [-0.39, 0.29) is 4.90 Å². The van der Waals surface area contributed by atoms with Gasteiger partial charge in [0, 0.05) is 15.5 Å². The summed E-state index contributed by atoms with van der Waals surface area (Å²) >= 11 is 7.68. The molecule has 0 aliphatic heterocycles. The second-order valence-corrected chi connectivity index (χ2v) is 12.0. The number of nitrogens with zero attached hydrogens (tertiary/aromatic N) is 2. The third-order valence-corrected chi connectivity index (χ3v) is 8.91. The van der Waals surface area contributed by atoms with E-state index in [2.05, 4.69) is 10.5 Å². The van der Waals surface area contributed by atoms with Gasteiger partial charge in [-0.2, -0.15) is 5.10 Å². The first kappa shape index (κ1) is 31.0. The Morgan fingerprint density at radius 1 is 0.929 bits per heavy atom. The number of rotatable bonds is 13. The second-order valence-electron chi connectivity index (χ2n) is 8.86. The fraction of sp³-hybridized carbons (Fsp3) is 0.161. The standard InChI is InChI=1S/C31H30ClN3O5S2/c1-3-39-26-14-10-25(11-15-26)35(42(37,38)29-18-16-28(41-2)17-19-29)21-31(36)34-33-20-23-8-12-27(13-9-23)40-22-24-6-4-5-7-30(24)32/h4-20H,3,21-22H2,1-2H3,(H,34,36). The van der Waals surface area contributed by atoms with E-state index in [4.69, 9.17) is 21.1 Å². The number of anilines is 1. The van der Waals surface area contributed by atoms with Gasteiger partial charge in [-0.1, -0.05) is 29.8 Å². The first-order valence-corrected chi connectivity index (χ1v) is 16.0. The Morgan fingerprint density at radius 3 is 2.21 bits per heavy atom. The number of hydrazone groups is 1. The van der Waals surface area contributed by atoms with Crippen LogP contribution in [0.15, 0.2) is 112 Å². The number of sulfonamides is 1. The normalized spacial score (nSPS) is 11.3. The lowest BCUT2D eigenvalue weighted by Crippen LogP contribution is -2.39. The van der Waals surface area contributed by atoms with E-state index in [1.807, 2.05) is 37.4 Å². The van der Waals surface area contributed by atoms with Crippen LogP contribution in [0.5, 0.6) is 11.5 Å². The number of hydrogen-bond acceptors (Lipinski definition) is 7. The molecule has 4 rings (SSSR count). The lowest BCUT2D eigenvalue weighted by atomic mass is 10.2. The van der Waals surface area contributed by atoms with Crippen molar-refractivity contribution in [3.8, 4) is 11.5 Å². The summed E-state index contributed by atoms with van der Waals surface area (Å²) < 4.78 is 39.6. The van der Waals surface area contributed by atoms with Crippen molar-refractivity contribution in [1.29, 1.82) is 0 Å². The van der Waals surface area contributed by atoms with Crippen LogP contribution in [0, 0.1) is 0 Å². The summed E-state index contributed by atoms with van der Waals surface area (Å²) in [7, 11) is -4.06. The van der Waals surface area contributed by atoms with Crippen molar-refractivity contribution < 1.29 is 22.7 Å². The highest BCUT2D eigenvalue weighted by Gasteiger charge is 2.27. The summed E-state index contributed by atoms with van der Waals surface area (Å²) in [6.45, 7) is 2.19. The maximum absolute atomic E-state index is 13.6. The minimum Gasteiger partial charge on any atom is -0.494 e. The fourth-order valence-electron chi connectivity index (χ4n) is 3.84. The van der Waals surface area contributed by atoms with Crippen molar-refractivity contribution in [2.24, 2.45) is 5.10 Å². The van der Waals surface area contributed by atoms with Gasteiger partial charge in [-0.05, 0) is 97.6 Å². The molecule has 218 valence electrons. The molecule has 4 aromatic rings. The maximum Gasteiger partial charge on any atom is 0.264 e. The first-order chi connectivity index (χ1) is 20.3. The number of nitrogens with one attached hydrogen (secondary N) is 1. The Labute approximate surface area is 255 Å². The molecular weight excluding hydrogens is 594 g/mol. The van der Waals surface area contributed by atoms with E-state index in [1.54, 1.807) is 60.7 Å². The summed E-state index contributed by atoms with van der Waals surface area (Å²) in [4.78, 5) is 13.9. The molecule has 4 aromatic carbocycles. The van der Waals surface area contributed by atoms with E-state index >= 15 is 0 Å². The van der Waals surface area contributed by atoms with Crippen LogP contribution in [-0.2, 0) is 21.4 Å². The van der Waals surface area contributed by atoms with E-state index in [0.717, 1.165) is 14.8 Å². The Morgan fingerprint density at radius 2 is 1.57 bits per heavy atom. The van der Waals surface area contributed by atoms with Crippen LogP contribution in [0.1, 0.15) is 18.1 Å². The van der Waals surface area contributed by atoms with Gasteiger partial charge in [-0.25, -0.2) is 13.8 Å². The third kappa shape index (κ3) is 8.28. The summed E-state index contributed by atoms with van der Waals surface area (Å²) in [6, 6.07) is 27.6. The largest absolute Gasteiger partial charge is 0.494 e. The van der Waals surface area contributed by atoms with Crippen molar-refractivity contribution in [1.82, 2.24) is 5.43 Å². The van der Waals surface area contributed by atoms with Crippen molar-refractivity contribution in [3.63, 3.8) is 0 Å². The highest BCUT2D eigenvalue weighted by molar-refractivity contribution is 7.98. The molecule has 0 radical (unpaired) electrons. The Bertz CT molecular complexity index is 1610. The molecule has 11 heteroatoms. The third-order valence-electron chi connectivity index (χ3n) is 6.01. The second kappa shape index (κ2) is 14.8. The number of hydrogen-bond donors (Lipinski definition) is 1. The molecule has 0 spiro atoms. The van der Waals surface area contributed by atoms with Gasteiger partial charge in [0.15, 0.2) is 0 Å². The molecule has 0 unspecified atom stereocenters. The van der Waals surface area contributed by atoms with Crippen LogP contribution >= 0.6 is 23.4 Å². The lowest BCUT2D eigenvalue weighted by Gasteiger charge is -2.24. The summed E-state index contributed by atoms with van der Waals surface area (Å²) in [5.74, 6) is 0.638. The Kier molecular flexibility index (Phi) is 10.9. The van der Waals surface area contributed by atoms with Crippen LogP contribution in [0.3, 0.4) is 0 Å². The average Bonchev–Trinajstić information content (AvgIpc) is 3.01. The van der Waals surface area contributed by atoms with Gasteiger partial charge < -0.3 is 9.47 Å². The minimum absolute atomic E-state index is 0.0716. The molecule has 0 saturated carbocycles. The predicted molar refractivity (Wildman–Crippen MR) is 168 cm³/mol. The molecule has 0 aliphatic rings. The van der Waals surface area contributed by atoms with Crippen molar-refractivity contribution in [2.45, 2.75) is 23.3 Å². The van der Waals surface area contributed by atoms with E-state index < -0.39 is 22.5 Å². The van der Waals surface area contributed by atoms with E-state index in [9.17, 15) is 13.2 Å². The monoisotopic (exact) mass is 623 g/mol. The van der Waals surface area contributed by atoms with Crippen LogP contribution in [-0.4, -0.2) is 39.9 Å². The lowest BCUT2D eigenvalue weighted by molar-refractivity contribution is -0.119. The molecule has 0 aliphatic carbocycles. The van der Waals surface area contributed by atoms with Crippen LogP contribution in [0.4, 0.5) is 5.69 Å². The molecule has 8 nitrogen and oxygen atoms in total. The molecular formula is C31H30ClN3O5S2. The van der Waals surface area contributed by atoms with Crippen molar-refractivity contribution in [3.05, 3.63) is 113 Å². The van der Waals surface area contributed by atoms with Gasteiger partial charge in [0.1, 0.15) is 24.7 Å². The SMILES string of the molecule is CCOc1ccc(N(CC(=O)NN=Cc2ccc(OCc3ccccc3Cl)cc2)S(=O)(=O)c2ccc(SC)cc2)cc1. The summed E-state index contributed by atoms with van der Waals surface area (Å²) in [6.07, 6.45) is 3.37. The molecule has 0 aromatic heterocycles. The van der Waals surface area contributed by atoms with Crippen molar-refractivity contribution >= 4 is 51.2 Å². The predicted octanol–water partition coefficient (Wildman–Crippen LogP) is 6.39. The van der Waals surface area contributed by atoms with Crippen LogP contribution in [0.2, 0.25) is 5.02 Å². The number of carbonyl (C=O) groups excluding carboxylic acids is 1. The summed E-state index contributed by atoms with van der Waals surface area (Å²) in [5, 5.41) is 4.65. The van der Waals surface area contributed by atoms with Gasteiger partial charge in [-0.3, -0.25) is 9.10 Å². The van der Waals surface area contributed by atoms with Gasteiger partial charge >= 0.3 is 0 Å². The Hall–Kier alpha value is -3.99. The smallest absolute Gasteiger partial charge is 0.264 e. The van der Waals surface area contributed by atoms with Crippen LogP contribution < -0.4 is 19.2 Å².